The van der Waals surface area contributed by atoms with Crippen molar-refractivity contribution in [2.24, 2.45) is 0 Å². The van der Waals surface area contributed by atoms with Crippen LogP contribution in [0.4, 0.5) is 4.39 Å². The molecule has 0 radical (unpaired) electrons. The summed E-state index contributed by atoms with van der Waals surface area (Å²) in [4.78, 5) is 26.2. The van der Waals surface area contributed by atoms with Crippen LogP contribution in [0.25, 0.3) is 32.9 Å². The summed E-state index contributed by atoms with van der Waals surface area (Å²) >= 11 is 0. The number of benzene rings is 2. The van der Waals surface area contributed by atoms with Crippen molar-refractivity contribution in [2.75, 3.05) is 32.8 Å². The molecule has 0 amide bonds. The normalized spacial score (nSPS) is 23.3. The van der Waals surface area contributed by atoms with Crippen molar-refractivity contribution < 1.29 is 14.2 Å². The summed E-state index contributed by atoms with van der Waals surface area (Å²) in [5.74, 6) is -0.609. The van der Waals surface area contributed by atoms with E-state index in [2.05, 4.69) is 31.7 Å². The molecule has 3 saturated heterocycles. The van der Waals surface area contributed by atoms with Gasteiger partial charge < -0.3 is 20.5 Å². The third-order valence-corrected chi connectivity index (χ3v) is 9.40. The number of nitrogens with one attached hydrogen (secondary N) is 2. The predicted molar refractivity (Wildman–Crippen MR) is 157 cm³/mol. The third kappa shape index (κ3) is 4.18. The minimum absolute atomic E-state index is 0.00828. The molecule has 2 atom stereocenters. The predicted octanol–water partition coefficient (Wildman–Crippen LogP) is 2.90. The van der Waals surface area contributed by atoms with Gasteiger partial charge in [0, 0.05) is 36.6 Å². The zero-order valence-electron chi connectivity index (χ0n) is 23.1. The van der Waals surface area contributed by atoms with Gasteiger partial charge in [0.25, 0.3) is 5.56 Å². The van der Waals surface area contributed by atoms with E-state index in [-0.39, 0.29) is 46.0 Å². The number of piperazine rings is 1. The highest BCUT2D eigenvalue weighted by Gasteiger charge is 2.45. The maximum Gasteiger partial charge on any atom is 0.317 e. The van der Waals surface area contributed by atoms with Crippen LogP contribution in [0, 0.1) is 5.82 Å². The second kappa shape index (κ2) is 9.82. The Labute approximate surface area is 241 Å². The molecule has 4 aliphatic rings. The summed E-state index contributed by atoms with van der Waals surface area (Å²) in [6, 6.07) is 7.95. The second-order valence-electron chi connectivity index (χ2n) is 12.0. The second-order valence-corrected chi connectivity index (χ2v) is 12.0. The number of hydrogen-bond donors (Lipinski definition) is 3. The van der Waals surface area contributed by atoms with Crippen molar-refractivity contribution in [3.8, 4) is 17.4 Å². The van der Waals surface area contributed by atoms with E-state index in [1.807, 2.05) is 0 Å². The highest BCUT2D eigenvalue weighted by Crippen LogP contribution is 2.39. The van der Waals surface area contributed by atoms with Gasteiger partial charge in [0.05, 0.1) is 28.5 Å². The molecule has 2 unspecified atom stereocenters. The Kier molecular flexibility index (Phi) is 6.02. The number of rotatable bonds is 5. The Bertz CT molecular complexity index is 1810. The van der Waals surface area contributed by atoms with Gasteiger partial charge in [-0.15, -0.1) is 0 Å². The maximum absolute atomic E-state index is 15.1. The van der Waals surface area contributed by atoms with Gasteiger partial charge in [-0.25, -0.2) is 4.39 Å². The average molecular weight is 570 g/mol. The topological polar surface area (TPSA) is 117 Å². The van der Waals surface area contributed by atoms with E-state index >= 15 is 4.39 Å². The van der Waals surface area contributed by atoms with Gasteiger partial charge in [0.15, 0.2) is 0 Å². The zero-order chi connectivity index (χ0) is 28.4. The quantitative estimate of drug-likeness (QED) is 0.334. The highest BCUT2D eigenvalue weighted by molar-refractivity contribution is 5.93. The molecule has 8 rings (SSSR count). The van der Waals surface area contributed by atoms with Crippen LogP contribution in [0.5, 0.6) is 11.8 Å². The number of aromatic hydroxyl groups is 1. The fraction of sp³-hybridized carbons (Fsp3) is 0.419. The number of fused-ring (bicyclic) bond motifs is 5. The molecule has 2 aromatic carbocycles. The SMILES string of the molecule is O=c1c2nc(OCC34CCCN3CCC4)nc(C3=CC4CNCC(C3)N4)c2cnn1-c1cc(O)cc2cccc(F)c12. The molecule has 3 N–H and O–H groups in total. The monoisotopic (exact) mass is 569 g/mol. The van der Waals surface area contributed by atoms with E-state index in [4.69, 9.17) is 9.72 Å². The minimum atomic E-state index is -0.533. The van der Waals surface area contributed by atoms with Crippen LogP contribution in [0.2, 0.25) is 0 Å². The molecule has 0 spiro atoms. The Morgan fingerprint density at radius 2 is 2.00 bits per heavy atom. The molecule has 2 bridgehead atoms. The number of phenols is 1. The number of hydrogen-bond acceptors (Lipinski definition) is 9. The van der Waals surface area contributed by atoms with Crippen molar-refractivity contribution in [3.05, 3.63) is 64.5 Å². The number of ether oxygens (including phenoxy) is 1. The first kappa shape index (κ1) is 25.8. The van der Waals surface area contributed by atoms with E-state index in [1.54, 1.807) is 18.3 Å². The molecule has 3 fully saturated rings. The van der Waals surface area contributed by atoms with Crippen molar-refractivity contribution >= 4 is 27.2 Å². The van der Waals surface area contributed by atoms with E-state index < -0.39 is 11.4 Å². The maximum atomic E-state index is 15.1. The molecule has 10 nitrogen and oxygen atoms in total. The van der Waals surface area contributed by atoms with Crippen LogP contribution < -0.4 is 20.9 Å². The molecule has 11 heteroatoms. The molecular weight excluding hydrogens is 537 g/mol. The van der Waals surface area contributed by atoms with E-state index in [0.717, 1.165) is 68.5 Å². The van der Waals surface area contributed by atoms with Crippen LogP contribution in [0.3, 0.4) is 0 Å². The first-order valence-corrected chi connectivity index (χ1v) is 14.7. The third-order valence-electron chi connectivity index (χ3n) is 9.40. The summed E-state index contributed by atoms with van der Waals surface area (Å²) in [6.07, 6.45) is 8.91. The molecule has 2 aromatic heterocycles. The van der Waals surface area contributed by atoms with Crippen LogP contribution in [0.1, 0.15) is 37.8 Å². The lowest BCUT2D eigenvalue weighted by molar-refractivity contribution is 0.107. The van der Waals surface area contributed by atoms with Gasteiger partial charge in [0.2, 0.25) is 0 Å². The highest BCUT2D eigenvalue weighted by atomic mass is 19.1. The van der Waals surface area contributed by atoms with E-state index in [0.29, 0.717) is 23.1 Å². The molecule has 0 aliphatic carbocycles. The first-order chi connectivity index (χ1) is 20.5. The van der Waals surface area contributed by atoms with Crippen molar-refractivity contribution in [2.45, 2.75) is 49.7 Å². The number of halogens is 1. The van der Waals surface area contributed by atoms with Crippen molar-refractivity contribution in [3.63, 3.8) is 0 Å². The lowest BCUT2D eigenvalue weighted by Gasteiger charge is -2.35. The smallest absolute Gasteiger partial charge is 0.317 e. The number of nitrogens with zero attached hydrogens (tertiary/aromatic N) is 5. The first-order valence-electron chi connectivity index (χ1n) is 14.7. The summed E-state index contributed by atoms with van der Waals surface area (Å²) in [5.41, 5.74) is 1.42. The number of aromatic nitrogens is 4. The van der Waals surface area contributed by atoms with Gasteiger partial charge in [-0.3, -0.25) is 9.69 Å². The standard InChI is InChI=1S/C31H32FN7O3/c32-24-5-1-4-18-12-22(40)13-25(26(18)24)39-29(41)28-23(16-34-39)27(19-10-20-14-33-15-21(11-19)35-20)36-30(37-28)42-17-31-6-2-8-38(31)9-3-7-31/h1,4-5,10,12-13,16,20-21,33,35,40H,2-3,6-9,11,14-15,17H2. The molecule has 4 aromatic rings. The molecule has 0 saturated carbocycles. The van der Waals surface area contributed by atoms with Crippen LogP contribution in [-0.4, -0.2) is 80.2 Å². The summed E-state index contributed by atoms with van der Waals surface area (Å²) in [6.45, 7) is 4.28. The van der Waals surface area contributed by atoms with Gasteiger partial charge in [0.1, 0.15) is 23.7 Å². The van der Waals surface area contributed by atoms with Crippen LogP contribution >= 0.6 is 0 Å². The van der Waals surface area contributed by atoms with E-state index in [9.17, 15) is 9.90 Å². The summed E-state index contributed by atoms with van der Waals surface area (Å²) < 4.78 is 22.5. The van der Waals surface area contributed by atoms with Crippen LogP contribution in [0.15, 0.2) is 47.4 Å². The molecule has 4 aliphatic heterocycles. The van der Waals surface area contributed by atoms with Crippen molar-refractivity contribution in [1.29, 1.82) is 0 Å². The Morgan fingerprint density at radius 1 is 1.14 bits per heavy atom. The van der Waals surface area contributed by atoms with Gasteiger partial charge >= 0.3 is 6.01 Å². The fourth-order valence-electron chi connectivity index (χ4n) is 7.48. The minimum Gasteiger partial charge on any atom is -0.508 e. The summed E-state index contributed by atoms with van der Waals surface area (Å²) in [7, 11) is 0. The molecule has 42 heavy (non-hydrogen) atoms. The van der Waals surface area contributed by atoms with Crippen LogP contribution in [-0.2, 0) is 0 Å². The largest absolute Gasteiger partial charge is 0.508 e. The van der Waals surface area contributed by atoms with Gasteiger partial charge in [-0.05, 0) is 68.3 Å². The van der Waals surface area contributed by atoms with Gasteiger partial charge in [-0.1, -0.05) is 18.2 Å². The lowest BCUT2D eigenvalue weighted by atomic mass is 9.92. The van der Waals surface area contributed by atoms with Crippen molar-refractivity contribution in [1.82, 2.24) is 35.3 Å². The molecule has 216 valence electrons. The van der Waals surface area contributed by atoms with Gasteiger partial charge in [-0.2, -0.15) is 19.7 Å². The number of phenolic OH excluding ortho intramolecular Hbond substituents is 1. The fourth-order valence-corrected chi connectivity index (χ4v) is 7.48. The zero-order valence-corrected chi connectivity index (χ0v) is 23.1. The van der Waals surface area contributed by atoms with E-state index in [1.165, 1.54) is 18.2 Å². The Morgan fingerprint density at radius 3 is 2.83 bits per heavy atom. The Balaban J connectivity index is 1.29. The Hall–Kier alpha value is -3.93. The lowest BCUT2D eigenvalue weighted by Crippen LogP contribution is -2.56. The average Bonchev–Trinajstić information content (AvgIpc) is 3.56. The molecular formula is C31H32FN7O3. The summed E-state index contributed by atoms with van der Waals surface area (Å²) in [5, 5.41) is 23.1. The molecule has 6 heterocycles.